The van der Waals surface area contributed by atoms with Gasteiger partial charge in [0.1, 0.15) is 12.4 Å². The summed E-state index contributed by atoms with van der Waals surface area (Å²) in [5.74, 6) is -0.666. The number of hydrogen-bond donors (Lipinski definition) is 2. The van der Waals surface area contributed by atoms with Gasteiger partial charge < -0.3 is 25.5 Å². The Morgan fingerprint density at radius 3 is 2.31 bits per heavy atom. The molecule has 1 unspecified atom stereocenters. The van der Waals surface area contributed by atoms with E-state index in [1.165, 1.54) is 0 Å². The minimum absolute atomic E-state index is 0.400. The molecule has 0 aromatic heterocycles. The maximum atomic E-state index is 10.0. The van der Waals surface area contributed by atoms with Crippen molar-refractivity contribution in [3.8, 4) is 5.75 Å². The molecule has 0 saturated carbocycles. The molecule has 5 heteroatoms. The molecule has 0 bridgehead atoms. The zero-order valence-corrected chi connectivity index (χ0v) is 9.47. The highest BCUT2D eigenvalue weighted by molar-refractivity contribution is 5.66. The minimum atomic E-state index is -1.21. The lowest BCUT2D eigenvalue weighted by Gasteiger charge is -2.05. The summed E-state index contributed by atoms with van der Waals surface area (Å²) in [7, 11) is 0. The van der Waals surface area contributed by atoms with Gasteiger partial charge in [-0.3, -0.25) is 0 Å². The molecule has 0 saturated heterocycles. The SMILES string of the molecule is CC([NH3+])O.Cc1ccc(OCC(=O)[O-])cc1. The molecule has 1 rings (SSSR count). The van der Waals surface area contributed by atoms with Crippen LogP contribution in [0.5, 0.6) is 5.75 Å². The lowest BCUT2D eigenvalue weighted by Crippen LogP contribution is -2.58. The third-order valence-electron chi connectivity index (χ3n) is 1.38. The Hall–Kier alpha value is -1.59. The van der Waals surface area contributed by atoms with E-state index in [9.17, 15) is 9.90 Å². The van der Waals surface area contributed by atoms with Crippen molar-refractivity contribution in [1.29, 1.82) is 0 Å². The van der Waals surface area contributed by atoms with Gasteiger partial charge >= 0.3 is 0 Å². The first kappa shape index (κ1) is 14.4. The normalized spacial score (nSPS) is 11.0. The van der Waals surface area contributed by atoms with E-state index in [-0.39, 0.29) is 0 Å². The van der Waals surface area contributed by atoms with Crippen LogP contribution >= 0.6 is 0 Å². The lowest BCUT2D eigenvalue weighted by molar-refractivity contribution is -0.475. The quantitative estimate of drug-likeness (QED) is 0.626. The Bertz CT molecular complexity index is 306. The maximum absolute atomic E-state index is 10.0. The Morgan fingerprint density at radius 1 is 1.50 bits per heavy atom. The zero-order valence-electron chi connectivity index (χ0n) is 9.47. The van der Waals surface area contributed by atoms with Crippen molar-refractivity contribution >= 4 is 5.97 Å². The van der Waals surface area contributed by atoms with Crippen LogP contribution in [0.25, 0.3) is 0 Å². The fourth-order valence-corrected chi connectivity index (χ4v) is 0.777. The first-order valence-electron chi connectivity index (χ1n) is 4.82. The minimum Gasteiger partial charge on any atom is -0.546 e. The Kier molecular flexibility index (Phi) is 6.91. The number of aliphatic carboxylic acids is 1. The smallest absolute Gasteiger partial charge is 0.182 e. The summed E-state index contributed by atoms with van der Waals surface area (Å²) >= 11 is 0. The highest BCUT2D eigenvalue weighted by Gasteiger charge is 1.91. The van der Waals surface area contributed by atoms with Gasteiger partial charge in [-0.1, -0.05) is 17.7 Å². The summed E-state index contributed by atoms with van der Waals surface area (Å²) < 4.78 is 4.86. The number of rotatable bonds is 3. The zero-order chi connectivity index (χ0) is 12.6. The van der Waals surface area contributed by atoms with Gasteiger partial charge in [0.2, 0.25) is 0 Å². The van der Waals surface area contributed by atoms with Gasteiger partial charge in [0, 0.05) is 6.92 Å². The van der Waals surface area contributed by atoms with E-state index in [1.807, 2.05) is 19.1 Å². The first-order valence-corrected chi connectivity index (χ1v) is 4.82. The molecule has 0 radical (unpaired) electrons. The van der Waals surface area contributed by atoms with Crippen molar-refractivity contribution in [3.05, 3.63) is 29.8 Å². The number of carboxylic acid groups (broad SMARTS) is 1. The van der Waals surface area contributed by atoms with Crippen LogP contribution in [0, 0.1) is 6.92 Å². The summed E-state index contributed by atoms with van der Waals surface area (Å²) in [5, 5.41) is 17.9. The molecule has 0 aliphatic heterocycles. The number of hydrogen-bond acceptors (Lipinski definition) is 4. The number of aliphatic hydroxyl groups is 1. The van der Waals surface area contributed by atoms with Crippen molar-refractivity contribution < 1.29 is 25.5 Å². The fourth-order valence-electron chi connectivity index (χ4n) is 0.777. The van der Waals surface area contributed by atoms with E-state index in [0.717, 1.165) is 5.56 Å². The van der Waals surface area contributed by atoms with Crippen LogP contribution in [0.1, 0.15) is 12.5 Å². The summed E-state index contributed by atoms with van der Waals surface area (Å²) in [5.41, 5.74) is 4.30. The molecular formula is C11H17NO4. The van der Waals surface area contributed by atoms with Crippen molar-refractivity contribution in [2.45, 2.75) is 20.1 Å². The van der Waals surface area contributed by atoms with Crippen molar-refractivity contribution in [1.82, 2.24) is 0 Å². The predicted octanol–water partition coefficient (Wildman–Crippen LogP) is -1.31. The summed E-state index contributed by atoms with van der Waals surface area (Å²) in [6.07, 6.45) is -0.417. The van der Waals surface area contributed by atoms with Crippen LogP contribution in [-0.2, 0) is 4.79 Å². The number of carbonyl (C=O) groups excluding carboxylic acids is 1. The summed E-state index contributed by atoms with van der Waals surface area (Å²) in [6.45, 7) is 3.16. The van der Waals surface area contributed by atoms with Gasteiger partial charge in [-0.25, -0.2) is 0 Å². The van der Waals surface area contributed by atoms with E-state index in [2.05, 4.69) is 5.73 Å². The lowest BCUT2D eigenvalue weighted by atomic mass is 10.2. The summed E-state index contributed by atoms with van der Waals surface area (Å²) in [6, 6.07) is 7.14. The molecule has 0 amide bonds. The molecular weight excluding hydrogens is 210 g/mol. The number of benzene rings is 1. The maximum Gasteiger partial charge on any atom is 0.182 e. The molecule has 0 spiro atoms. The third-order valence-corrected chi connectivity index (χ3v) is 1.38. The van der Waals surface area contributed by atoms with E-state index in [1.54, 1.807) is 19.1 Å². The second kappa shape index (κ2) is 7.67. The molecule has 1 aromatic rings. The highest BCUT2D eigenvalue weighted by Crippen LogP contribution is 2.10. The Labute approximate surface area is 94.5 Å². The van der Waals surface area contributed by atoms with Crippen LogP contribution < -0.4 is 15.6 Å². The number of ether oxygens (including phenoxy) is 1. The first-order chi connectivity index (χ1) is 7.41. The molecule has 90 valence electrons. The van der Waals surface area contributed by atoms with Gasteiger partial charge in [-0.15, -0.1) is 0 Å². The van der Waals surface area contributed by atoms with E-state index >= 15 is 0 Å². The Balaban J connectivity index is 0.000000487. The van der Waals surface area contributed by atoms with Crippen LogP contribution in [-0.4, -0.2) is 23.9 Å². The molecule has 1 atom stereocenters. The second-order valence-electron chi connectivity index (χ2n) is 3.32. The van der Waals surface area contributed by atoms with Crippen molar-refractivity contribution in [3.63, 3.8) is 0 Å². The average molecular weight is 227 g/mol. The predicted molar refractivity (Wildman–Crippen MR) is 56.2 cm³/mol. The van der Waals surface area contributed by atoms with Crippen LogP contribution in [0.3, 0.4) is 0 Å². The number of carbonyl (C=O) groups is 1. The number of quaternary nitrogens is 1. The number of aryl methyl sites for hydroxylation is 1. The third kappa shape index (κ3) is 8.98. The van der Waals surface area contributed by atoms with Crippen LogP contribution in [0.2, 0.25) is 0 Å². The van der Waals surface area contributed by atoms with Crippen molar-refractivity contribution in [2.75, 3.05) is 6.61 Å². The fraction of sp³-hybridized carbons (Fsp3) is 0.364. The number of carboxylic acids is 1. The molecule has 0 fully saturated rings. The largest absolute Gasteiger partial charge is 0.546 e. The molecule has 16 heavy (non-hydrogen) atoms. The second-order valence-corrected chi connectivity index (χ2v) is 3.32. The van der Waals surface area contributed by atoms with Crippen LogP contribution in [0.4, 0.5) is 0 Å². The van der Waals surface area contributed by atoms with Crippen molar-refractivity contribution in [2.24, 2.45) is 0 Å². The van der Waals surface area contributed by atoms with E-state index < -0.39 is 18.8 Å². The van der Waals surface area contributed by atoms with E-state index in [4.69, 9.17) is 9.84 Å². The Morgan fingerprint density at radius 2 is 1.94 bits per heavy atom. The molecule has 0 heterocycles. The average Bonchev–Trinajstić information content (AvgIpc) is 2.16. The molecule has 1 aromatic carbocycles. The summed E-state index contributed by atoms with van der Waals surface area (Å²) in [4.78, 5) is 10.0. The molecule has 0 aliphatic carbocycles. The molecule has 4 N–H and O–H groups in total. The monoisotopic (exact) mass is 227 g/mol. The number of aliphatic hydroxyl groups excluding tert-OH is 1. The molecule has 0 aliphatic rings. The highest BCUT2D eigenvalue weighted by atomic mass is 16.5. The van der Waals surface area contributed by atoms with Gasteiger partial charge in [0.25, 0.3) is 0 Å². The van der Waals surface area contributed by atoms with Crippen LogP contribution in [0.15, 0.2) is 24.3 Å². The molecule has 5 nitrogen and oxygen atoms in total. The van der Waals surface area contributed by atoms with Gasteiger partial charge in [-0.05, 0) is 19.1 Å². The topological polar surface area (TPSA) is 97.2 Å². The van der Waals surface area contributed by atoms with Gasteiger partial charge in [-0.2, -0.15) is 0 Å². The standard InChI is InChI=1S/C9H10O3.C2H7NO/c1-7-2-4-8(5-3-7)12-6-9(10)11;1-2(3)4/h2-5H,6H2,1H3,(H,10,11);2,4H,3H2,1H3. The van der Waals surface area contributed by atoms with Gasteiger partial charge in [0.05, 0.1) is 5.97 Å². The van der Waals surface area contributed by atoms with Gasteiger partial charge in [0.15, 0.2) is 6.23 Å². The van der Waals surface area contributed by atoms with E-state index in [0.29, 0.717) is 5.75 Å².